The van der Waals surface area contributed by atoms with Crippen molar-refractivity contribution in [2.24, 2.45) is 0 Å². The molecular formula is C19H28FN3O4. The average molecular weight is 381 g/mol. The molecule has 1 aromatic carbocycles. The molecule has 2 aliphatic heterocycles. The molecule has 0 radical (unpaired) electrons. The van der Waals surface area contributed by atoms with Crippen molar-refractivity contribution in [3.63, 3.8) is 0 Å². The van der Waals surface area contributed by atoms with Gasteiger partial charge in [-0.05, 0) is 31.0 Å². The van der Waals surface area contributed by atoms with Crippen LogP contribution in [0.5, 0.6) is 0 Å². The van der Waals surface area contributed by atoms with Gasteiger partial charge in [-0.15, -0.1) is 0 Å². The maximum absolute atomic E-state index is 14.0. The number of hydrogen-bond acceptors (Lipinski definition) is 7. The van der Waals surface area contributed by atoms with E-state index in [1.807, 2.05) is 0 Å². The van der Waals surface area contributed by atoms with E-state index < -0.39 is 12.1 Å². The zero-order valence-corrected chi connectivity index (χ0v) is 15.7. The fourth-order valence-corrected chi connectivity index (χ4v) is 3.45. The molecule has 8 heteroatoms. The number of ether oxygens (including phenoxy) is 3. The summed E-state index contributed by atoms with van der Waals surface area (Å²) < 4.78 is 29.7. The second kappa shape index (κ2) is 9.34. The third-order valence-corrected chi connectivity index (χ3v) is 4.94. The summed E-state index contributed by atoms with van der Waals surface area (Å²) in [6.45, 7) is 5.71. The number of hydrogen-bond donors (Lipinski definition) is 2. The number of anilines is 2. The molecule has 0 aromatic heterocycles. The van der Waals surface area contributed by atoms with Gasteiger partial charge in [0.1, 0.15) is 6.17 Å². The minimum Gasteiger partial charge on any atom is -0.462 e. The summed E-state index contributed by atoms with van der Waals surface area (Å²) in [5.74, 6) is -0.396. The van der Waals surface area contributed by atoms with Crippen LogP contribution >= 0.6 is 0 Å². The van der Waals surface area contributed by atoms with E-state index in [0.717, 1.165) is 18.8 Å². The molecule has 3 N–H and O–H groups in total. The van der Waals surface area contributed by atoms with Crippen molar-refractivity contribution >= 4 is 17.3 Å². The summed E-state index contributed by atoms with van der Waals surface area (Å²) in [6, 6.07) is 3.28. The second-order valence-electron chi connectivity index (χ2n) is 6.76. The molecule has 2 atom stereocenters. The fraction of sp³-hybridized carbons (Fsp3) is 0.632. The summed E-state index contributed by atoms with van der Waals surface area (Å²) >= 11 is 0. The number of alkyl halides is 1. The molecule has 0 aliphatic carbocycles. The van der Waals surface area contributed by atoms with Crippen LogP contribution in [0.1, 0.15) is 29.3 Å². The molecule has 27 heavy (non-hydrogen) atoms. The summed E-state index contributed by atoms with van der Waals surface area (Å²) in [5.41, 5.74) is 8.84. The lowest BCUT2D eigenvalue weighted by Crippen LogP contribution is -2.44. The minimum atomic E-state index is -1.06. The molecule has 7 nitrogen and oxygen atoms in total. The molecule has 150 valence electrons. The number of benzene rings is 1. The molecule has 3 rings (SSSR count). The number of carbonyl (C=O) groups is 1. The number of halogens is 1. The fourth-order valence-electron chi connectivity index (χ4n) is 3.45. The number of carbonyl (C=O) groups excluding carboxylic acids is 1. The van der Waals surface area contributed by atoms with Gasteiger partial charge in [0.25, 0.3) is 0 Å². The van der Waals surface area contributed by atoms with Gasteiger partial charge in [0.2, 0.25) is 0 Å². The smallest absolute Gasteiger partial charge is 0.338 e. The van der Waals surface area contributed by atoms with Crippen LogP contribution in [0.3, 0.4) is 0 Å². The van der Waals surface area contributed by atoms with Crippen LogP contribution in [0.4, 0.5) is 15.8 Å². The molecule has 2 saturated heterocycles. The quantitative estimate of drug-likeness (QED) is 0.570. The van der Waals surface area contributed by atoms with Gasteiger partial charge in [-0.2, -0.15) is 0 Å². The van der Waals surface area contributed by atoms with Crippen molar-refractivity contribution in [3.05, 3.63) is 23.3 Å². The Kier molecular flexibility index (Phi) is 6.87. The monoisotopic (exact) mass is 381 g/mol. The van der Waals surface area contributed by atoms with Crippen LogP contribution in [-0.2, 0) is 20.8 Å². The van der Waals surface area contributed by atoms with E-state index in [1.54, 1.807) is 19.1 Å². The lowest BCUT2D eigenvalue weighted by Gasteiger charge is -2.31. The summed E-state index contributed by atoms with van der Waals surface area (Å²) in [6.07, 6.45) is -0.466. The van der Waals surface area contributed by atoms with E-state index in [-0.39, 0.29) is 19.3 Å². The first kappa shape index (κ1) is 19.9. The number of nitrogens with zero attached hydrogens (tertiary/aromatic N) is 1. The largest absolute Gasteiger partial charge is 0.462 e. The van der Waals surface area contributed by atoms with Gasteiger partial charge in [0.05, 0.1) is 43.4 Å². The zero-order chi connectivity index (χ0) is 19.2. The third-order valence-electron chi connectivity index (χ3n) is 4.94. The van der Waals surface area contributed by atoms with Crippen molar-refractivity contribution in [2.75, 3.05) is 56.8 Å². The molecule has 0 unspecified atom stereocenters. The van der Waals surface area contributed by atoms with Gasteiger partial charge >= 0.3 is 5.97 Å². The number of nitrogen functional groups attached to an aromatic ring is 1. The van der Waals surface area contributed by atoms with Crippen molar-refractivity contribution < 1.29 is 23.4 Å². The molecule has 2 aliphatic rings. The number of rotatable bonds is 6. The van der Waals surface area contributed by atoms with E-state index in [9.17, 15) is 9.18 Å². The van der Waals surface area contributed by atoms with Crippen LogP contribution in [-0.4, -0.2) is 64.3 Å². The number of nitrogens with two attached hydrogens (primary N) is 1. The summed E-state index contributed by atoms with van der Waals surface area (Å²) in [5, 5.41) is 3.20. The normalized spacial score (nSPS) is 23.3. The molecule has 0 saturated carbocycles. The molecule has 1 aromatic rings. The highest BCUT2D eigenvalue weighted by Crippen LogP contribution is 2.29. The summed E-state index contributed by atoms with van der Waals surface area (Å²) in [7, 11) is 0. The second-order valence-corrected chi connectivity index (χ2v) is 6.76. The Hall–Kier alpha value is -1.90. The van der Waals surface area contributed by atoms with Crippen molar-refractivity contribution in [1.29, 1.82) is 0 Å². The maximum atomic E-state index is 14.0. The average Bonchev–Trinajstić information content (AvgIpc) is 2.68. The molecule has 2 heterocycles. The van der Waals surface area contributed by atoms with Gasteiger partial charge in [0.15, 0.2) is 0 Å². The van der Waals surface area contributed by atoms with Crippen molar-refractivity contribution in [3.8, 4) is 0 Å². The van der Waals surface area contributed by atoms with Crippen molar-refractivity contribution in [1.82, 2.24) is 5.32 Å². The van der Waals surface area contributed by atoms with Gasteiger partial charge in [-0.1, -0.05) is 0 Å². The van der Waals surface area contributed by atoms with E-state index in [0.29, 0.717) is 49.6 Å². The lowest BCUT2D eigenvalue weighted by molar-refractivity contribution is 0.0135. The SMILES string of the molecule is CCOC(=O)c1cc(N2CCOCC2)c(N)cc1CN[C@@H]1CCOC[C@H]1F. The molecule has 0 bridgehead atoms. The highest BCUT2D eigenvalue weighted by Gasteiger charge is 2.26. The van der Waals surface area contributed by atoms with E-state index in [4.69, 9.17) is 19.9 Å². The van der Waals surface area contributed by atoms with Gasteiger partial charge in [0, 0.05) is 32.3 Å². The minimum absolute atomic E-state index is 0.0977. The van der Waals surface area contributed by atoms with Crippen LogP contribution in [0, 0.1) is 0 Å². The molecule has 0 spiro atoms. The first-order valence-electron chi connectivity index (χ1n) is 9.47. The number of esters is 1. The highest BCUT2D eigenvalue weighted by molar-refractivity contribution is 5.94. The van der Waals surface area contributed by atoms with Gasteiger partial charge in [-0.3, -0.25) is 0 Å². The van der Waals surface area contributed by atoms with Crippen molar-refractivity contribution in [2.45, 2.75) is 32.1 Å². The van der Waals surface area contributed by atoms with E-state index in [1.165, 1.54) is 0 Å². The zero-order valence-electron chi connectivity index (χ0n) is 15.7. The van der Waals surface area contributed by atoms with Crippen LogP contribution in [0.2, 0.25) is 0 Å². The highest BCUT2D eigenvalue weighted by atomic mass is 19.1. The third kappa shape index (κ3) is 4.88. The molecular weight excluding hydrogens is 353 g/mol. The first-order chi connectivity index (χ1) is 13.1. The Bertz CT molecular complexity index is 652. The van der Waals surface area contributed by atoms with Crippen LogP contribution in [0.15, 0.2) is 12.1 Å². The Morgan fingerprint density at radius 2 is 2.11 bits per heavy atom. The Morgan fingerprint density at radius 1 is 1.33 bits per heavy atom. The topological polar surface area (TPSA) is 86.0 Å². The number of nitrogens with one attached hydrogen (secondary N) is 1. The standard InChI is InChI=1S/C19H28FN3O4/c1-2-27-19(24)14-10-18(23-4-7-25-8-5-23)16(21)9-13(14)11-22-17-3-6-26-12-15(17)20/h9-10,15,17,22H,2-8,11-12,21H2,1H3/t15-,17-/m1/s1. The molecule has 2 fully saturated rings. The van der Waals surface area contributed by atoms with Gasteiger partial charge in [-0.25, -0.2) is 9.18 Å². The van der Waals surface area contributed by atoms with E-state index in [2.05, 4.69) is 10.2 Å². The Labute approximate surface area is 158 Å². The Balaban J connectivity index is 1.82. The maximum Gasteiger partial charge on any atom is 0.338 e. The van der Waals surface area contributed by atoms with Crippen LogP contribution in [0.25, 0.3) is 0 Å². The summed E-state index contributed by atoms with van der Waals surface area (Å²) in [4.78, 5) is 14.6. The Morgan fingerprint density at radius 3 is 2.81 bits per heavy atom. The van der Waals surface area contributed by atoms with Gasteiger partial charge < -0.3 is 30.2 Å². The first-order valence-corrected chi connectivity index (χ1v) is 9.47. The number of morpholine rings is 1. The molecule has 0 amide bonds. The lowest BCUT2D eigenvalue weighted by atomic mass is 10.0. The van der Waals surface area contributed by atoms with Crippen LogP contribution < -0.4 is 16.0 Å². The van der Waals surface area contributed by atoms with E-state index >= 15 is 0 Å². The predicted molar refractivity (Wildman–Crippen MR) is 101 cm³/mol. The predicted octanol–water partition coefficient (Wildman–Crippen LogP) is 1.50.